The fraction of sp³-hybridized carbons (Fsp3) is 0.302. The number of imidazole rings is 5. The molecule has 7 aromatic carbocycles. The number of anilines is 5. The lowest BCUT2D eigenvalue weighted by atomic mass is 9.81. The van der Waals surface area contributed by atoms with Gasteiger partial charge in [0, 0.05) is 35.7 Å². The van der Waals surface area contributed by atoms with Crippen LogP contribution in [0, 0.1) is 90.1 Å². The molecule has 7 aromatic heterocycles. The molecule has 3 atom stereocenters. The molecule has 0 aliphatic heterocycles. The fourth-order valence-electron chi connectivity index (χ4n) is 13.1. The molecule has 129 heavy (non-hydrogen) atoms. The Bertz CT molecular complexity index is 6600. The van der Waals surface area contributed by atoms with Gasteiger partial charge >= 0.3 is 0 Å². The van der Waals surface area contributed by atoms with Crippen LogP contribution in [-0.4, -0.2) is 109 Å². The van der Waals surface area contributed by atoms with Crippen molar-refractivity contribution in [1.82, 2.24) is 57.7 Å². The summed E-state index contributed by atoms with van der Waals surface area (Å²) in [6.07, 6.45) is 4.87. The van der Waals surface area contributed by atoms with Gasteiger partial charge < -0.3 is 14.8 Å². The van der Waals surface area contributed by atoms with Crippen LogP contribution in [0.5, 0.6) is 0 Å². The van der Waals surface area contributed by atoms with E-state index in [1.54, 1.807) is 142 Å². The summed E-state index contributed by atoms with van der Waals surface area (Å²) >= 11 is 0. The van der Waals surface area contributed by atoms with Gasteiger partial charge in [0.05, 0.1) is 124 Å². The van der Waals surface area contributed by atoms with Gasteiger partial charge in [-0.25, -0.2) is 76.7 Å². The van der Waals surface area contributed by atoms with E-state index >= 15 is 0 Å². The summed E-state index contributed by atoms with van der Waals surface area (Å²) in [5, 5.41) is 33.8. The molecule has 1 unspecified atom stereocenters. The van der Waals surface area contributed by atoms with Crippen molar-refractivity contribution >= 4 is 143 Å². The summed E-state index contributed by atoms with van der Waals surface area (Å²) in [6, 6.07) is 43.1. The van der Waals surface area contributed by atoms with E-state index < -0.39 is 34.7 Å². The molecule has 33 heteroatoms. The predicted molar refractivity (Wildman–Crippen MR) is 490 cm³/mol. The van der Waals surface area contributed by atoms with Crippen LogP contribution >= 0.6 is 0 Å². The number of aliphatic hydroxyl groups is 2. The molecule has 0 radical (unpaired) electrons. The zero-order valence-corrected chi connectivity index (χ0v) is 73.7. The molecule has 0 bridgehead atoms. The highest BCUT2D eigenvalue weighted by Crippen LogP contribution is 2.41. The number of amides is 5. The second-order valence-electron chi connectivity index (χ2n) is 34.8. The smallest absolute Gasteiger partial charge is 0.234 e. The molecule has 5 amide bonds. The van der Waals surface area contributed by atoms with E-state index in [1.807, 2.05) is 85.9 Å². The number of rotatable bonds is 18. The highest BCUT2D eigenvalue weighted by molar-refractivity contribution is 5.99. The molecule has 660 valence electrons. The number of pyridine rings is 2. The molecule has 7 N–H and O–H groups in total. The van der Waals surface area contributed by atoms with Gasteiger partial charge in [-0.15, -0.1) is 0 Å². The first-order valence-electron chi connectivity index (χ1n) is 41.2. The minimum atomic E-state index is -1.16. The summed E-state index contributed by atoms with van der Waals surface area (Å²) in [4.78, 5) is 110. The van der Waals surface area contributed by atoms with Gasteiger partial charge in [0.1, 0.15) is 34.9 Å². The number of halogens is 4. The second kappa shape index (κ2) is 39.4. The molecule has 1 saturated carbocycles. The molecule has 0 saturated heterocycles. The van der Waals surface area contributed by atoms with Crippen LogP contribution in [-0.2, 0) is 24.0 Å². The lowest BCUT2D eigenvalue weighted by Crippen LogP contribution is -2.40. The Balaban J connectivity index is 0.000000156. The lowest BCUT2D eigenvalue weighted by molar-refractivity contribution is -0.129. The van der Waals surface area contributed by atoms with Gasteiger partial charge in [-0.3, -0.25) is 68.8 Å². The summed E-state index contributed by atoms with van der Waals surface area (Å²) in [6.45, 7) is 63.7. The van der Waals surface area contributed by atoms with Crippen molar-refractivity contribution in [2.24, 2.45) is 34.0 Å². The Hall–Kier alpha value is -15.4. The molecule has 7 heterocycles. The molecule has 14 aromatic rings. The Kier molecular flexibility index (Phi) is 28.8. The fourth-order valence-corrected chi connectivity index (χ4v) is 13.1. The third-order valence-corrected chi connectivity index (χ3v) is 21.6. The molecule has 1 fully saturated rings. The van der Waals surface area contributed by atoms with E-state index in [0.29, 0.717) is 126 Å². The normalized spacial score (nSPS) is 12.7. The first-order valence-corrected chi connectivity index (χ1v) is 41.2. The number of fused-ring (bicyclic) bond motifs is 5. The number of aromatic nitrogens is 12. The summed E-state index contributed by atoms with van der Waals surface area (Å²) in [5.41, 5.74) is 7.72. The maximum absolute atomic E-state index is 13.4. The molecule has 1 aliphatic carbocycles. The number of hydrogen-bond acceptors (Lipinski definition) is 14. The number of benzene rings is 7. The Morgan fingerprint density at radius 2 is 0.760 bits per heavy atom. The van der Waals surface area contributed by atoms with Crippen molar-refractivity contribution < 1.29 is 51.7 Å². The van der Waals surface area contributed by atoms with E-state index in [2.05, 4.69) is 85.7 Å². The van der Waals surface area contributed by atoms with E-state index in [-0.39, 0.29) is 82.2 Å². The third kappa shape index (κ3) is 22.8. The number of nitrogens with zero attached hydrogens (tertiary/aromatic N) is 17. The van der Waals surface area contributed by atoms with Gasteiger partial charge in [0.2, 0.25) is 59.3 Å². The molecule has 1 aliphatic rings. The van der Waals surface area contributed by atoms with Gasteiger partial charge in [0.15, 0.2) is 28.4 Å². The van der Waals surface area contributed by atoms with Crippen molar-refractivity contribution in [3.63, 3.8) is 0 Å². The van der Waals surface area contributed by atoms with Gasteiger partial charge in [-0.05, 0) is 204 Å². The molecule has 29 nitrogen and oxygen atoms in total. The van der Waals surface area contributed by atoms with Gasteiger partial charge in [-0.2, -0.15) is 0 Å². The average molecular weight is 1750 g/mol. The van der Waals surface area contributed by atoms with Gasteiger partial charge in [0.25, 0.3) is 0 Å². The number of carbonyl (C=O) groups is 5. The van der Waals surface area contributed by atoms with Crippen molar-refractivity contribution in [2.45, 2.75) is 154 Å². The lowest BCUT2D eigenvalue weighted by Gasteiger charge is -2.31. The van der Waals surface area contributed by atoms with E-state index in [1.165, 1.54) is 62.4 Å². The zero-order valence-electron chi connectivity index (χ0n) is 73.7. The first kappa shape index (κ1) is 94.3. The first-order chi connectivity index (χ1) is 61.0. The minimum Gasteiger partial charge on any atom is -0.392 e. The Morgan fingerprint density at radius 1 is 0.426 bits per heavy atom. The maximum Gasteiger partial charge on any atom is 0.234 e. The standard InChI is InChI=1S/C21H21FN4O.2C19H18FN5O.C19H17FN4O2.C18H22N4O2/c1-13(21(2,3)4)19(27)25-20-24-17-11-8-15(23-5)12-18(17)26(20)16-9-6-14(22)7-10-16;1-19(2,3)10-17(26)24-18-23-14-7-6-13(21-4)9-15(14)25(18)16-8-5-12(20)11-22-16;1-11(2)12(3)18(26)24-19-23-15-7-6-14(21-4)9-16(15)25(19)17-8-5-13(20)10-22-17;1-19(2,26)11-17(25)23-18-22-15-9-6-13(21-3)10-16(15)24(18)14-7-4-12(20)5-8-14;1-11(23)18(2,3)16(24)21-17-20-14-9-8-12(19-4)10-15(14)22(17)13-6-5-7-13/h6-13H,1-4H3,(H,24,25,27);5-9,11H,10H2,1-3H3,(H,23,24,26);5-12H,1-3H3,(H,23,24,26);4-10,26H,11H2,1-2H3,(H,22,23,25);8-11,13,23H,5-7H2,1-3H3,(H,20,21,24)/t13-;;12-;;/m1.0../s1. The zero-order chi connectivity index (χ0) is 93.9. The molecular formula is C96H96F4N22O7. The van der Waals surface area contributed by atoms with Gasteiger partial charge in [-0.1, -0.05) is 99.6 Å². The largest absolute Gasteiger partial charge is 0.392 e. The molecule has 15 rings (SSSR count). The monoisotopic (exact) mass is 1740 g/mol. The number of aliphatic hydroxyl groups excluding tert-OH is 1. The van der Waals surface area contributed by atoms with Crippen molar-refractivity contribution in [3.8, 4) is 23.0 Å². The van der Waals surface area contributed by atoms with Crippen LogP contribution < -0.4 is 26.6 Å². The van der Waals surface area contributed by atoms with E-state index in [4.69, 9.17) is 32.9 Å². The maximum atomic E-state index is 13.4. The van der Waals surface area contributed by atoms with Crippen LogP contribution in [0.25, 0.3) is 102 Å². The Morgan fingerprint density at radius 3 is 1.09 bits per heavy atom. The van der Waals surface area contributed by atoms with Crippen molar-refractivity contribution in [3.05, 3.63) is 257 Å². The highest BCUT2D eigenvalue weighted by atomic mass is 19.1. The van der Waals surface area contributed by atoms with Crippen LogP contribution in [0.1, 0.15) is 142 Å². The number of carbonyl (C=O) groups excluding carboxylic acids is 5. The van der Waals surface area contributed by atoms with E-state index in [0.717, 1.165) is 42.7 Å². The van der Waals surface area contributed by atoms with E-state index in [9.17, 15) is 51.7 Å². The third-order valence-electron chi connectivity index (χ3n) is 21.6. The van der Waals surface area contributed by atoms with Crippen molar-refractivity contribution in [2.75, 3.05) is 26.6 Å². The topological polar surface area (TPSA) is 323 Å². The number of hydrogen-bond donors (Lipinski definition) is 7. The number of nitrogens with one attached hydrogen (secondary N) is 5. The minimum absolute atomic E-state index is 0.104. The van der Waals surface area contributed by atoms with Crippen LogP contribution in [0.2, 0.25) is 0 Å². The predicted octanol–water partition coefficient (Wildman–Crippen LogP) is 21.6. The highest BCUT2D eigenvalue weighted by Gasteiger charge is 2.36. The quantitative estimate of drug-likeness (QED) is 0.0310. The summed E-state index contributed by atoms with van der Waals surface area (Å²) in [5.74, 6) is -0.607. The van der Waals surface area contributed by atoms with Crippen molar-refractivity contribution in [1.29, 1.82) is 0 Å². The van der Waals surface area contributed by atoms with Crippen LogP contribution in [0.4, 0.5) is 75.7 Å². The average Bonchev–Trinajstić information content (AvgIpc) is 1.64. The SMILES string of the molecule is [C-]#[N+]c1ccc2nc(NC(=O)C(C)(C)C(C)O)n(C3CCC3)c2c1.[C-]#[N+]c1ccc2nc(NC(=O)CC(C)(C)C)n(-c3ccc(F)cn3)c2c1.[C-]#[N+]c1ccc2nc(NC(=O)CC(C)(C)O)n(-c3ccc(F)cc3)c2c1.[C-]#[N+]c1ccc2nc(NC(=O)[C@@H](C)C(C)(C)C)n(-c3ccc(F)cc3)c2c1.[C-]#[N+]c1ccc2nc(NC(=O)[C@@H](C)C(C)C)n(-c3ccc(F)cn3)c2c1. The summed E-state index contributed by atoms with van der Waals surface area (Å²) < 4.78 is 61.8. The van der Waals surface area contributed by atoms with Crippen LogP contribution in [0.15, 0.2) is 176 Å². The molecular weight excluding hydrogens is 1650 g/mol. The summed E-state index contributed by atoms with van der Waals surface area (Å²) in [7, 11) is 0. The molecule has 0 spiro atoms. The Labute approximate surface area is 742 Å². The van der Waals surface area contributed by atoms with Crippen LogP contribution in [0.3, 0.4) is 0 Å². The second-order valence-corrected chi connectivity index (χ2v) is 34.8.